The molecule has 24 heavy (non-hydrogen) atoms. The first-order chi connectivity index (χ1) is 11.4. The van der Waals surface area contributed by atoms with E-state index in [1.807, 2.05) is 11.0 Å². The predicted octanol–water partition coefficient (Wildman–Crippen LogP) is 4.34. The monoisotopic (exact) mass is 327 g/mol. The van der Waals surface area contributed by atoms with Gasteiger partial charge >= 0.3 is 0 Å². The third-order valence-electron chi connectivity index (χ3n) is 4.97. The van der Waals surface area contributed by atoms with Crippen LogP contribution >= 0.6 is 0 Å². The number of carbonyl (C=O) groups excluding carboxylic acids is 1. The van der Waals surface area contributed by atoms with Crippen LogP contribution in [0.15, 0.2) is 24.3 Å². The highest BCUT2D eigenvalue weighted by Crippen LogP contribution is 2.34. The smallest absolute Gasteiger partial charge is 0.223 e. The largest absolute Gasteiger partial charge is 0.337 e. The predicted molar refractivity (Wildman–Crippen MR) is 98.1 cm³/mol. The van der Waals surface area contributed by atoms with E-state index in [0.29, 0.717) is 6.42 Å². The van der Waals surface area contributed by atoms with Gasteiger partial charge in [-0.25, -0.2) is 4.98 Å². The van der Waals surface area contributed by atoms with Crippen LogP contribution in [0.4, 0.5) is 0 Å². The first-order valence-corrected chi connectivity index (χ1v) is 9.17. The van der Waals surface area contributed by atoms with Gasteiger partial charge in [0, 0.05) is 31.0 Å². The van der Waals surface area contributed by atoms with E-state index in [4.69, 9.17) is 4.98 Å². The van der Waals surface area contributed by atoms with Crippen LogP contribution in [0.25, 0.3) is 11.0 Å². The Bertz CT molecular complexity index is 726. The molecule has 1 aliphatic heterocycles. The number of unbranched alkanes of at least 4 members (excludes halogenated alkanes) is 2. The Morgan fingerprint density at radius 3 is 2.62 bits per heavy atom. The van der Waals surface area contributed by atoms with Crippen molar-refractivity contribution >= 4 is 16.9 Å². The van der Waals surface area contributed by atoms with Gasteiger partial charge in [0.25, 0.3) is 0 Å². The Morgan fingerprint density at radius 2 is 1.96 bits per heavy atom. The molecular weight excluding hydrogens is 298 g/mol. The molecule has 1 atom stereocenters. The average Bonchev–Trinajstić information content (AvgIpc) is 3.08. The van der Waals surface area contributed by atoms with Gasteiger partial charge in [-0.15, -0.1) is 0 Å². The number of aryl methyl sites for hydroxylation is 1. The Labute approximate surface area is 144 Å². The summed E-state index contributed by atoms with van der Waals surface area (Å²) in [6.07, 6.45) is 4.17. The minimum Gasteiger partial charge on any atom is -0.337 e. The molecule has 0 spiro atoms. The van der Waals surface area contributed by atoms with E-state index >= 15 is 0 Å². The van der Waals surface area contributed by atoms with Crippen molar-refractivity contribution in [1.29, 1.82) is 0 Å². The molecule has 0 N–H and O–H groups in total. The molecule has 1 aliphatic rings. The Hall–Kier alpha value is -1.84. The molecule has 1 saturated heterocycles. The molecule has 0 radical (unpaired) electrons. The first-order valence-electron chi connectivity index (χ1n) is 9.17. The molecule has 0 bridgehead atoms. The molecule has 4 nitrogen and oxygen atoms in total. The molecule has 130 valence electrons. The van der Waals surface area contributed by atoms with Crippen molar-refractivity contribution in [2.75, 3.05) is 6.54 Å². The summed E-state index contributed by atoms with van der Waals surface area (Å²) in [5.74, 6) is 1.54. The SMILES string of the molecule is CCCCCn1c(C2CC(=O)N(C(C)(C)C)C2)nc2ccccc21. The standard InChI is InChI=1S/C20H29N3O/c1-5-6-9-12-22-17-11-8-7-10-16(17)21-19(22)15-13-18(24)23(14-15)20(2,3)4/h7-8,10-11,15H,5-6,9,12-14H2,1-4H3. The first kappa shape index (κ1) is 17.0. The minimum absolute atomic E-state index is 0.120. The zero-order valence-corrected chi connectivity index (χ0v) is 15.4. The van der Waals surface area contributed by atoms with Crippen LogP contribution < -0.4 is 0 Å². The van der Waals surface area contributed by atoms with Crippen LogP contribution in [0, 0.1) is 0 Å². The molecule has 2 aromatic rings. The lowest BCUT2D eigenvalue weighted by Crippen LogP contribution is -2.42. The summed E-state index contributed by atoms with van der Waals surface area (Å²) in [7, 11) is 0. The number of hydrogen-bond acceptors (Lipinski definition) is 2. The van der Waals surface area contributed by atoms with Gasteiger partial charge in [0.15, 0.2) is 0 Å². The van der Waals surface area contributed by atoms with Crippen LogP contribution in [0.3, 0.4) is 0 Å². The van der Waals surface area contributed by atoms with E-state index in [1.54, 1.807) is 0 Å². The Kier molecular flexibility index (Phi) is 4.66. The van der Waals surface area contributed by atoms with E-state index in [-0.39, 0.29) is 17.4 Å². The highest BCUT2D eigenvalue weighted by molar-refractivity contribution is 5.81. The van der Waals surface area contributed by atoms with Crippen LogP contribution in [0.2, 0.25) is 0 Å². The molecule has 1 fully saturated rings. The van der Waals surface area contributed by atoms with Crippen molar-refractivity contribution in [1.82, 2.24) is 14.5 Å². The van der Waals surface area contributed by atoms with Gasteiger partial charge in [-0.2, -0.15) is 0 Å². The summed E-state index contributed by atoms with van der Waals surface area (Å²) in [6, 6.07) is 8.34. The van der Waals surface area contributed by atoms with Gasteiger partial charge < -0.3 is 9.47 Å². The van der Waals surface area contributed by atoms with Crippen LogP contribution in [-0.4, -0.2) is 32.4 Å². The lowest BCUT2D eigenvalue weighted by Gasteiger charge is -2.32. The summed E-state index contributed by atoms with van der Waals surface area (Å²) < 4.78 is 2.36. The molecule has 0 saturated carbocycles. The second kappa shape index (κ2) is 6.58. The maximum atomic E-state index is 12.5. The number of hydrogen-bond donors (Lipinski definition) is 0. The number of fused-ring (bicyclic) bond motifs is 1. The molecule has 4 heteroatoms. The maximum absolute atomic E-state index is 12.5. The quantitative estimate of drug-likeness (QED) is 0.766. The van der Waals surface area contributed by atoms with E-state index < -0.39 is 0 Å². The number of nitrogens with zero attached hydrogens (tertiary/aromatic N) is 3. The average molecular weight is 327 g/mol. The number of aromatic nitrogens is 2. The molecular formula is C20H29N3O. The highest BCUT2D eigenvalue weighted by Gasteiger charge is 2.38. The maximum Gasteiger partial charge on any atom is 0.223 e. The third kappa shape index (κ3) is 3.19. The summed E-state index contributed by atoms with van der Waals surface area (Å²) in [5.41, 5.74) is 2.13. The second-order valence-corrected chi connectivity index (χ2v) is 7.89. The van der Waals surface area contributed by atoms with Crippen molar-refractivity contribution in [3.8, 4) is 0 Å². The van der Waals surface area contributed by atoms with Gasteiger partial charge in [-0.05, 0) is 39.3 Å². The second-order valence-electron chi connectivity index (χ2n) is 7.89. The summed E-state index contributed by atoms with van der Waals surface area (Å²) in [6.45, 7) is 10.3. The highest BCUT2D eigenvalue weighted by atomic mass is 16.2. The fourth-order valence-electron chi connectivity index (χ4n) is 3.69. The van der Waals surface area contributed by atoms with Gasteiger partial charge in [-0.1, -0.05) is 31.9 Å². The number of imidazole rings is 1. The van der Waals surface area contributed by atoms with Gasteiger partial charge in [-0.3, -0.25) is 4.79 Å². The molecule has 1 aromatic heterocycles. The van der Waals surface area contributed by atoms with Crippen molar-refractivity contribution < 1.29 is 4.79 Å². The minimum atomic E-state index is -0.120. The number of para-hydroxylation sites is 2. The molecule has 1 aromatic carbocycles. The number of benzene rings is 1. The number of likely N-dealkylation sites (tertiary alicyclic amines) is 1. The lowest BCUT2D eigenvalue weighted by molar-refractivity contribution is -0.131. The van der Waals surface area contributed by atoms with Gasteiger partial charge in [0.05, 0.1) is 11.0 Å². The third-order valence-corrected chi connectivity index (χ3v) is 4.97. The molecule has 1 amide bonds. The number of rotatable bonds is 5. The summed E-state index contributed by atoms with van der Waals surface area (Å²) in [4.78, 5) is 19.4. The van der Waals surface area contributed by atoms with E-state index in [2.05, 4.69) is 50.5 Å². The van der Waals surface area contributed by atoms with Crippen molar-refractivity contribution in [2.24, 2.45) is 0 Å². The Morgan fingerprint density at radius 1 is 1.21 bits per heavy atom. The van der Waals surface area contributed by atoms with Crippen LogP contribution in [0.5, 0.6) is 0 Å². The zero-order chi connectivity index (χ0) is 17.3. The van der Waals surface area contributed by atoms with E-state index in [1.165, 1.54) is 18.4 Å². The molecule has 1 unspecified atom stereocenters. The number of amides is 1. The van der Waals surface area contributed by atoms with Crippen LogP contribution in [-0.2, 0) is 11.3 Å². The van der Waals surface area contributed by atoms with Crippen molar-refractivity contribution in [3.05, 3.63) is 30.1 Å². The van der Waals surface area contributed by atoms with Crippen molar-refractivity contribution in [3.63, 3.8) is 0 Å². The molecule has 0 aliphatic carbocycles. The topological polar surface area (TPSA) is 38.1 Å². The number of carbonyl (C=O) groups is 1. The van der Waals surface area contributed by atoms with Gasteiger partial charge in [0.1, 0.15) is 5.82 Å². The van der Waals surface area contributed by atoms with Crippen LogP contribution in [0.1, 0.15) is 65.1 Å². The molecule has 3 rings (SSSR count). The normalized spacial score (nSPS) is 18.8. The van der Waals surface area contributed by atoms with Gasteiger partial charge in [0.2, 0.25) is 5.91 Å². The molecule has 2 heterocycles. The fourth-order valence-corrected chi connectivity index (χ4v) is 3.69. The van der Waals surface area contributed by atoms with E-state index in [9.17, 15) is 4.79 Å². The summed E-state index contributed by atoms with van der Waals surface area (Å²) >= 11 is 0. The Balaban J connectivity index is 1.94. The summed E-state index contributed by atoms with van der Waals surface area (Å²) in [5, 5.41) is 0. The van der Waals surface area contributed by atoms with E-state index in [0.717, 1.165) is 30.9 Å². The van der Waals surface area contributed by atoms with Crippen molar-refractivity contribution in [2.45, 2.75) is 71.4 Å². The lowest BCUT2D eigenvalue weighted by atomic mass is 10.1. The fraction of sp³-hybridized carbons (Fsp3) is 0.600. The zero-order valence-electron chi connectivity index (χ0n) is 15.4.